The second-order valence-electron chi connectivity index (χ2n) is 31.2. The molecule has 11 rings (SSSR count). The smallest absolute Gasteiger partial charge is 0.349 e. The summed E-state index contributed by atoms with van der Waals surface area (Å²) in [5, 5.41) is 6.49. The van der Waals surface area contributed by atoms with Crippen molar-refractivity contribution in [2.75, 3.05) is 26.3 Å². The van der Waals surface area contributed by atoms with Crippen molar-refractivity contribution < 1.29 is 66.8 Å². The Hall–Kier alpha value is -10.3. The number of nitrogens with zero attached hydrogens (tertiary/aromatic N) is 2. The maximum Gasteiger partial charge on any atom is 0.349 e. The number of halogens is 2. The van der Waals surface area contributed by atoms with E-state index < -0.39 is 71.3 Å². The molecule has 0 bridgehead atoms. The first-order chi connectivity index (χ1) is 48.8. The average molecular weight is 1450 g/mol. The Kier molecular flexibility index (Phi) is 20.4. The van der Waals surface area contributed by atoms with Crippen LogP contribution in [-0.2, 0) is 50.3 Å². The number of hydrogen-bond donors (Lipinski definition) is 2. The number of rotatable bonds is 22. The van der Waals surface area contributed by atoms with Crippen molar-refractivity contribution in [2.24, 2.45) is 11.8 Å². The Morgan fingerprint density at radius 3 is 0.788 bits per heavy atom. The van der Waals surface area contributed by atoms with Gasteiger partial charge in [-0.1, -0.05) is 196 Å². The van der Waals surface area contributed by atoms with Crippen LogP contribution in [0.4, 0.5) is 0 Å². The van der Waals surface area contributed by atoms with E-state index in [0.29, 0.717) is 23.0 Å². The lowest BCUT2D eigenvalue weighted by Gasteiger charge is -2.37. The van der Waals surface area contributed by atoms with Crippen LogP contribution < -0.4 is 29.6 Å². The van der Waals surface area contributed by atoms with E-state index >= 15 is 19.2 Å². The molecule has 0 spiro atoms. The zero-order valence-electron chi connectivity index (χ0n) is 61.5. The van der Waals surface area contributed by atoms with E-state index in [1.165, 1.54) is 24.3 Å². The lowest BCUT2D eigenvalue weighted by molar-refractivity contribution is -0.139. The molecular weight excluding hydrogens is 1360 g/mol. The molecule has 0 aliphatic carbocycles. The van der Waals surface area contributed by atoms with Gasteiger partial charge in [-0.3, -0.25) is 38.6 Å². The zero-order chi connectivity index (χ0) is 75.7. The number of nitrogens with one attached hydrogen (secondary N) is 2. The minimum atomic E-state index is -1.46. The van der Waals surface area contributed by atoms with Gasteiger partial charge in [-0.05, 0) is 129 Å². The summed E-state index contributed by atoms with van der Waals surface area (Å²) >= 11 is 11.6. The number of amides is 6. The molecular formula is C84H86Cl2N4O14. The second kappa shape index (κ2) is 28.4. The number of ether oxygens (including phenoxy) is 6. The predicted octanol–water partition coefficient (Wildman–Crippen LogP) is 18.2. The number of imide groups is 2. The predicted molar refractivity (Wildman–Crippen MR) is 405 cm³/mol. The number of benzene rings is 9. The maximum atomic E-state index is 16.3. The van der Waals surface area contributed by atoms with Crippen LogP contribution >= 0.6 is 23.2 Å². The molecule has 2 N–H and O–H groups in total. The summed E-state index contributed by atoms with van der Waals surface area (Å²) in [6, 6.07) is 33.2. The zero-order valence-corrected chi connectivity index (χ0v) is 63.0. The molecule has 0 saturated heterocycles. The minimum absolute atomic E-state index is 0.0398. The van der Waals surface area contributed by atoms with Crippen molar-refractivity contribution in [3.8, 4) is 46.0 Å². The highest BCUT2D eigenvalue weighted by Gasteiger charge is 2.47. The third-order valence-electron chi connectivity index (χ3n) is 18.8. The van der Waals surface area contributed by atoms with Crippen LogP contribution in [0.1, 0.15) is 174 Å². The van der Waals surface area contributed by atoms with Crippen molar-refractivity contribution in [1.82, 2.24) is 20.4 Å². The first kappa shape index (κ1) is 74.9. The topological polar surface area (TPSA) is 222 Å². The van der Waals surface area contributed by atoms with Gasteiger partial charge in [-0.2, -0.15) is 0 Å². The number of hydrogen-bond acceptors (Lipinski definition) is 14. The van der Waals surface area contributed by atoms with Crippen LogP contribution in [0, 0.1) is 11.8 Å². The highest BCUT2D eigenvalue weighted by atomic mass is 35.5. The van der Waals surface area contributed by atoms with Gasteiger partial charge in [0.05, 0.1) is 35.3 Å². The van der Waals surface area contributed by atoms with Gasteiger partial charge in [0.2, 0.25) is 11.8 Å². The van der Waals surface area contributed by atoms with E-state index in [0.717, 1.165) is 32.1 Å². The Bertz CT molecular complexity index is 4450. The molecule has 2 aliphatic rings. The van der Waals surface area contributed by atoms with Crippen LogP contribution in [-0.4, -0.2) is 95.6 Å². The van der Waals surface area contributed by atoms with Gasteiger partial charge in [-0.25, -0.2) is 9.59 Å². The number of fused-ring (bicyclic) bond motifs is 2. The van der Waals surface area contributed by atoms with Crippen LogP contribution in [0.5, 0.6) is 46.0 Å². The number of carbonyl (C=O) groups is 8. The fourth-order valence-corrected chi connectivity index (χ4v) is 13.5. The lowest BCUT2D eigenvalue weighted by Crippen LogP contribution is -2.56. The van der Waals surface area contributed by atoms with E-state index in [-0.39, 0.29) is 146 Å². The van der Waals surface area contributed by atoms with Crippen LogP contribution in [0.3, 0.4) is 0 Å². The molecule has 9 aromatic rings. The number of carbonyl (C=O) groups excluding carboxylic acids is 8. The standard InChI is InChI=1S/C84H86Cl2N4O14/c1-43(2)71(73(91)87-35-37-99-79(97)45(5)85)89-75(93)55-39-59(101-51-27-19-47(20-28-51)81(7,8)9)65-67-61(103-53-31-23-49(24-32-53)83(13,14)15)41-57-64-58(78(96)90(77(57)95)72(44(3)4)74(92)88-36-38-100-80(98)46(6)86)42-62(104-54-33-25-50(26-34-54)84(16,17)18)68(70(64)67)66-60(40-56(76(89)94)63(55)69(65)66)102-52-29-21-48(22-30-52)82(10,11)12/h19-34,39-44,71-72H,5-6,35-38H2,1-4,7-18H3,(H,87,91)(H,88,92). The van der Waals surface area contributed by atoms with Crippen molar-refractivity contribution in [2.45, 2.75) is 145 Å². The van der Waals surface area contributed by atoms with Crippen molar-refractivity contribution in [3.05, 3.63) is 189 Å². The van der Waals surface area contributed by atoms with E-state index in [2.05, 4.69) is 107 Å². The third-order valence-corrected chi connectivity index (χ3v) is 19.1. The Morgan fingerprint density at radius 1 is 0.375 bits per heavy atom. The Morgan fingerprint density at radius 2 is 0.596 bits per heavy atom. The first-order valence-corrected chi connectivity index (χ1v) is 35.4. The van der Waals surface area contributed by atoms with Gasteiger partial charge in [0, 0.05) is 43.1 Å². The summed E-state index contributed by atoms with van der Waals surface area (Å²) in [6.45, 7) is 37.5. The summed E-state index contributed by atoms with van der Waals surface area (Å²) in [6.07, 6.45) is 0. The largest absolute Gasteiger partial charge is 0.460 e. The van der Waals surface area contributed by atoms with Crippen molar-refractivity contribution >= 4 is 114 Å². The van der Waals surface area contributed by atoms with Crippen LogP contribution in [0.2, 0.25) is 0 Å². The molecule has 0 fully saturated rings. The molecule has 18 nitrogen and oxygen atoms in total. The molecule has 9 aromatic carbocycles. The van der Waals surface area contributed by atoms with Gasteiger partial charge in [0.1, 0.15) is 81.4 Å². The molecule has 540 valence electrons. The molecule has 2 unspecified atom stereocenters. The highest BCUT2D eigenvalue weighted by molar-refractivity contribution is 6.45. The summed E-state index contributed by atoms with van der Waals surface area (Å²) < 4.78 is 39.5. The first-order valence-electron chi connectivity index (χ1n) is 34.6. The highest BCUT2D eigenvalue weighted by Crippen LogP contribution is 2.58. The molecule has 0 aromatic heterocycles. The summed E-state index contributed by atoms with van der Waals surface area (Å²) in [5.41, 5.74) is 2.58. The molecule has 20 heteroatoms. The van der Waals surface area contributed by atoms with E-state index in [1.807, 2.05) is 48.5 Å². The van der Waals surface area contributed by atoms with Crippen LogP contribution in [0.15, 0.2) is 145 Å². The molecule has 0 saturated carbocycles. The summed E-state index contributed by atoms with van der Waals surface area (Å²) in [7, 11) is 0. The van der Waals surface area contributed by atoms with E-state index in [4.69, 9.17) is 51.6 Å². The summed E-state index contributed by atoms with van der Waals surface area (Å²) in [5.74, 6) is -6.66. The molecule has 2 aliphatic heterocycles. The molecule has 104 heavy (non-hydrogen) atoms. The Labute approximate surface area is 615 Å². The normalized spacial score (nSPS) is 14.0. The Balaban J connectivity index is 1.31. The van der Waals surface area contributed by atoms with E-state index in [1.54, 1.807) is 76.2 Å². The lowest BCUT2D eigenvalue weighted by atomic mass is 9.80. The second-order valence-corrected chi connectivity index (χ2v) is 32.1. The monoisotopic (exact) mass is 1440 g/mol. The molecule has 0 radical (unpaired) electrons. The van der Waals surface area contributed by atoms with Gasteiger partial charge in [0.15, 0.2) is 0 Å². The minimum Gasteiger partial charge on any atom is -0.460 e. The van der Waals surface area contributed by atoms with Gasteiger partial charge in [-0.15, -0.1) is 0 Å². The molecule has 2 atom stereocenters. The molecule has 2 heterocycles. The van der Waals surface area contributed by atoms with Crippen molar-refractivity contribution in [3.63, 3.8) is 0 Å². The fraction of sp³-hybridized carbons (Fsp3) is 0.333. The van der Waals surface area contributed by atoms with Gasteiger partial charge >= 0.3 is 11.9 Å². The van der Waals surface area contributed by atoms with Gasteiger partial charge in [0.25, 0.3) is 23.6 Å². The third kappa shape index (κ3) is 14.5. The van der Waals surface area contributed by atoms with Crippen molar-refractivity contribution in [1.29, 1.82) is 0 Å². The molecule has 6 amide bonds. The summed E-state index contributed by atoms with van der Waals surface area (Å²) in [4.78, 5) is 121. The van der Waals surface area contributed by atoms with Gasteiger partial charge < -0.3 is 39.1 Å². The fourth-order valence-electron chi connectivity index (χ4n) is 13.4. The maximum absolute atomic E-state index is 16.3. The van der Waals surface area contributed by atoms with E-state index in [9.17, 15) is 19.2 Å². The quantitative estimate of drug-likeness (QED) is 0.0161. The number of esters is 2. The van der Waals surface area contributed by atoms with Crippen LogP contribution in [0.25, 0.3) is 43.1 Å². The SMILES string of the molecule is C=C(Cl)C(=O)OCCNC(=O)C(C(C)C)N1C(=O)c2cc(Oc3ccc(C(C)(C)C)cc3)c3c4c(Oc5ccc(C(C)(C)C)cc5)cc5c6c(cc(Oc7ccc(C(C)(C)C)cc7)c(c7c(Oc8ccc(C(C)(C)C)cc8)cc(c2c37)C1=O)c64)C(=O)N(C(C(=O)NCCOC(=O)C(=C)Cl)C(C)C)C5=O. The average Bonchev–Trinajstić information content (AvgIpc) is 0.671.